The fraction of sp³-hybridized carbons (Fsp3) is 0.350. The van der Waals surface area contributed by atoms with Crippen molar-refractivity contribution < 1.29 is 19.1 Å². The third-order valence-corrected chi connectivity index (χ3v) is 3.49. The Balaban J connectivity index is 2.39. The molecule has 2 rings (SSSR count). The summed E-state index contributed by atoms with van der Waals surface area (Å²) in [7, 11) is 3.12. The van der Waals surface area contributed by atoms with Crippen molar-refractivity contribution in [2.75, 3.05) is 14.2 Å². The molecule has 0 spiro atoms. The lowest BCUT2D eigenvalue weighted by Gasteiger charge is -2.20. The predicted octanol–water partition coefficient (Wildman–Crippen LogP) is 3.00. The van der Waals surface area contributed by atoms with Gasteiger partial charge in [-0.1, -0.05) is 12.1 Å². The van der Waals surface area contributed by atoms with Crippen LogP contribution in [-0.4, -0.2) is 36.6 Å². The van der Waals surface area contributed by atoms with Gasteiger partial charge in [-0.15, -0.1) is 0 Å². The number of ether oxygens (including phenoxy) is 2. The Morgan fingerprint density at radius 1 is 1.15 bits per heavy atom. The lowest BCUT2D eigenvalue weighted by molar-refractivity contribution is 0.00692. The van der Waals surface area contributed by atoms with Crippen LogP contribution in [0.15, 0.2) is 36.4 Å². The van der Waals surface area contributed by atoms with Gasteiger partial charge < -0.3 is 14.8 Å². The number of aromatic nitrogens is 1. The lowest BCUT2D eigenvalue weighted by atomic mass is 10.1. The summed E-state index contributed by atoms with van der Waals surface area (Å²) in [5.41, 5.74) is 1.40. The number of esters is 1. The number of carbonyl (C=O) groups is 2. The van der Waals surface area contributed by atoms with Gasteiger partial charge >= 0.3 is 5.97 Å². The van der Waals surface area contributed by atoms with E-state index in [1.165, 1.54) is 13.1 Å². The van der Waals surface area contributed by atoms with E-state index in [-0.39, 0.29) is 11.6 Å². The molecule has 6 nitrogen and oxygen atoms in total. The van der Waals surface area contributed by atoms with Gasteiger partial charge in [-0.3, -0.25) is 4.79 Å². The van der Waals surface area contributed by atoms with Crippen molar-refractivity contribution in [1.29, 1.82) is 0 Å². The lowest BCUT2D eigenvalue weighted by Crippen LogP contribution is -2.25. The van der Waals surface area contributed by atoms with E-state index in [4.69, 9.17) is 9.47 Å². The van der Waals surface area contributed by atoms with Crippen molar-refractivity contribution in [3.05, 3.63) is 58.9 Å². The van der Waals surface area contributed by atoms with Crippen molar-refractivity contribution in [1.82, 2.24) is 10.3 Å². The van der Waals surface area contributed by atoms with Gasteiger partial charge in [0, 0.05) is 19.2 Å². The molecule has 2 aromatic rings. The molecule has 0 saturated carbocycles. The summed E-state index contributed by atoms with van der Waals surface area (Å²) < 4.78 is 10.6. The predicted molar refractivity (Wildman–Crippen MR) is 98.6 cm³/mol. The minimum atomic E-state index is -0.625. The Morgan fingerprint density at radius 3 is 2.50 bits per heavy atom. The number of carbonyl (C=O) groups excluding carboxylic acids is 2. The largest absolute Gasteiger partial charge is 0.497 e. The molecule has 1 heterocycles. The SMILES string of the molecule is CNC(=O)c1cc(C(=O)OC(C)(C)C)cc(Cc2cccc(OC)c2)n1. The van der Waals surface area contributed by atoms with Crippen LogP contribution < -0.4 is 10.1 Å². The van der Waals surface area contributed by atoms with Crippen LogP contribution in [0.25, 0.3) is 0 Å². The van der Waals surface area contributed by atoms with Crippen molar-refractivity contribution in [3.63, 3.8) is 0 Å². The van der Waals surface area contributed by atoms with Crippen LogP contribution in [0.2, 0.25) is 0 Å². The van der Waals surface area contributed by atoms with E-state index >= 15 is 0 Å². The highest BCUT2D eigenvalue weighted by molar-refractivity contribution is 5.96. The summed E-state index contributed by atoms with van der Waals surface area (Å²) in [5, 5.41) is 2.53. The van der Waals surface area contributed by atoms with Gasteiger partial charge in [-0.25, -0.2) is 9.78 Å². The number of hydrogen-bond acceptors (Lipinski definition) is 5. The molecule has 0 bridgehead atoms. The summed E-state index contributed by atoms with van der Waals surface area (Å²) in [4.78, 5) is 28.8. The Kier molecular flexibility index (Phi) is 5.97. The molecule has 1 aromatic carbocycles. The molecule has 0 aliphatic rings. The number of amides is 1. The highest BCUT2D eigenvalue weighted by Gasteiger charge is 2.20. The number of nitrogens with one attached hydrogen (secondary N) is 1. The van der Waals surface area contributed by atoms with E-state index in [2.05, 4.69) is 10.3 Å². The van der Waals surface area contributed by atoms with Gasteiger partial charge in [0.25, 0.3) is 5.91 Å². The first-order valence-corrected chi connectivity index (χ1v) is 8.31. The maximum absolute atomic E-state index is 12.4. The highest BCUT2D eigenvalue weighted by atomic mass is 16.6. The molecular weight excluding hydrogens is 332 g/mol. The van der Waals surface area contributed by atoms with E-state index in [1.807, 2.05) is 24.3 Å². The molecule has 1 aromatic heterocycles. The van der Waals surface area contributed by atoms with Crippen molar-refractivity contribution in [2.45, 2.75) is 32.8 Å². The minimum Gasteiger partial charge on any atom is -0.497 e. The maximum Gasteiger partial charge on any atom is 0.338 e. The normalized spacial score (nSPS) is 11.0. The van der Waals surface area contributed by atoms with Crippen LogP contribution in [0.5, 0.6) is 5.75 Å². The van der Waals surface area contributed by atoms with Crippen LogP contribution in [0, 0.1) is 0 Å². The molecule has 26 heavy (non-hydrogen) atoms. The molecule has 0 saturated heterocycles. The summed E-state index contributed by atoms with van der Waals surface area (Å²) in [6.45, 7) is 5.38. The third kappa shape index (κ3) is 5.31. The average Bonchev–Trinajstić information content (AvgIpc) is 2.59. The standard InChI is InChI=1S/C20H24N2O4/c1-20(2,3)26-19(24)14-11-15(22-17(12-14)18(23)21-4)9-13-7-6-8-16(10-13)25-5/h6-8,10-12H,9H2,1-5H3,(H,21,23). The van der Waals surface area contributed by atoms with Crippen LogP contribution in [-0.2, 0) is 11.2 Å². The van der Waals surface area contributed by atoms with E-state index in [1.54, 1.807) is 33.9 Å². The zero-order valence-electron chi connectivity index (χ0n) is 15.8. The number of pyridine rings is 1. The maximum atomic E-state index is 12.4. The zero-order valence-corrected chi connectivity index (χ0v) is 15.8. The Hall–Kier alpha value is -2.89. The monoisotopic (exact) mass is 356 g/mol. The molecule has 138 valence electrons. The van der Waals surface area contributed by atoms with E-state index < -0.39 is 11.6 Å². The van der Waals surface area contributed by atoms with Gasteiger partial charge in [0.1, 0.15) is 17.0 Å². The molecule has 0 radical (unpaired) electrons. The molecule has 0 fully saturated rings. The summed E-state index contributed by atoms with van der Waals surface area (Å²) in [6.07, 6.45) is 0.456. The Bertz CT molecular complexity index is 810. The number of rotatable bonds is 5. The Labute approximate surface area is 153 Å². The van der Waals surface area contributed by atoms with Crippen LogP contribution in [0.3, 0.4) is 0 Å². The molecule has 0 aliphatic heterocycles. The minimum absolute atomic E-state index is 0.175. The first-order chi connectivity index (χ1) is 12.2. The summed E-state index contributed by atoms with van der Waals surface area (Å²) in [6, 6.07) is 10.7. The van der Waals surface area contributed by atoms with Crippen molar-refractivity contribution in [2.24, 2.45) is 0 Å². The molecule has 0 atom stereocenters. The fourth-order valence-electron chi connectivity index (χ4n) is 2.37. The molecule has 1 N–H and O–H groups in total. The van der Waals surface area contributed by atoms with Crippen molar-refractivity contribution in [3.8, 4) is 5.75 Å². The van der Waals surface area contributed by atoms with Gasteiger partial charge in [-0.2, -0.15) is 0 Å². The summed E-state index contributed by atoms with van der Waals surface area (Å²) >= 11 is 0. The molecule has 1 amide bonds. The summed E-state index contributed by atoms with van der Waals surface area (Å²) in [5.74, 6) is -0.114. The van der Waals surface area contributed by atoms with E-state index in [9.17, 15) is 9.59 Å². The molecule has 0 unspecified atom stereocenters. The third-order valence-electron chi connectivity index (χ3n) is 3.49. The molecule has 6 heteroatoms. The van der Waals surface area contributed by atoms with Crippen LogP contribution >= 0.6 is 0 Å². The number of benzene rings is 1. The van der Waals surface area contributed by atoms with Gasteiger partial charge in [0.15, 0.2) is 0 Å². The smallest absolute Gasteiger partial charge is 0.338 e. The molecular formula is C20H24N2O4. The van der Waals surface area contributed by atoms with Crippen LogP contribution in [0.1, 0.15) is 52.9 Å². The first-order valence-electron chi connectivity index (χ1n) is 8.31. The van der Waals surface area contributed by atoms with Gasteiger partial charge in [0.2, 0.25) is 0 Å². The topological polar surface area (TPSA) is 77.5 Å². The van der Waals surface area contributed by atoms with E-state index in [0.717, 1.165) is 11.3 Å². The van der Waals surface area contributed by atoms with Gasteiger partial charge in [0.05, 0.1) is 12.7 Å². The number of hydrogen-bond donors (Lipinski definition) is 1. The average molecular weight is 356 g/mol. The second-order valence-corrected chi connectivity index (χ2v) is 6.84. The molecule has 0 aliphatic carbocycles. The van der Waals surface area contributed by atoms with Gasteiger partial charge in [-0.05, 0) is 50.6 Å². The Morgan fingerprint density at radius 2 is 1.88 bits per heavy atom. The van der Waals surface area contributed by atoms with Crippen molar-refractivity contribution >= 4 is 11.9 Å². The first kappa shape index (κ1) is 19.4. The van der Waals surface area contributed by atoms with E-state index in [0.29, 0.717) is 17.7 Å². The second-order valence-electron chi connectivity index (χ2n) is 6.84. The second kappa shape index (κ2) is 7.99. The fourth-order valence-corrected chi connectivity index (χ4v) is 2.37. The quantitative estimate of drug-likeness (QED) is 0.834. The number of methoxy groups -OCH3 is 1. The number of nitrogens with zero attached hydrogens (tertiary/aromatic N) is 1. The highest BCUT2D eigenvalue weighted by Crippen LogP contribution is 2.18. The zero-order chi connectivity index (χ0) is 19.3. The van der Waals surface area contributed by atoms with Crippen LogP contribution in [0.4, 0.5) is 0 Å².